The van der Waals surface area contributed by atoms with Crippen molar-refractivity contribution in [1.82, 2.24) is 10.2 Å². The van der Waals surface area contributed by atoms with Gasteiger partial charge in [0.1, 0.15) is 0 Å². The maximum Gasteiger partial charge on any atom is 0.239 e. The number of aliphatic hydroxyl groups is 1. The zero-order valence-corrected chi connectivity index (χ0v) is 10.7. The van der Waals surface area contributed by atoms with Crippen molar-refractivity contribution in [3.05, 3.63) is 35.9 Å². The molecule has 1 aromatic carbocycles. The third-order valence-corrected chi connectivity index (χ3v) is 3.36. The second-order valence-electron chi connectivity index (χ2n) is 4.85. The first-order chi connectivity index (χ1) is 8.66. The van der Waals surface area contributed by atoms with E-state index in [9.17, 15) is 9.90 Å². The quantitative estimate of drug-likeness (QED) is 0.811. The highest BCUT2D eigenvalue weighted by Gasteiger charge is 2.29. The number of hydrogen-bond donors (Lipinski definition) is 2. The van der Waals surface area contributed by atoms with Crippen LogP contribution in [0.1, 0.15) is 12.0 Å². The summed E-state index contributed by atoms with van der Waals surface area (Å²) in [4.78, 5) is 13.8. The number of amides is 1. The van der Waals surface area contributed by atoms with E-state index in [1.165, 1.54) is 5.56 Å². The number of hydrogen-bond acceptors (Lipinski definition) is 3. The average molecular weight is 248 g/mol. The van der Waals surface area contributed by atoms with Gasteiger partial charge in [-0.15, -0.1) is 0 Å². The number of nitrogens with zero attached hydrogens (tertiary/aromatic N) is 1. The standard InChI is InChI=1S/C14H20N2O2/c1-16(8-7-11-5-3-2-4-6-11)14(18)13-9-12(17)10-15-13/h2-6,12-13,15,17H,7-10H2,1H3. The van der Waals surface area contributed by atoms with E-state index in [-0.39, 0.29) is 18.1 Å². The van der Waals surface area contributed by atoms with E-state index in [0.717, 1.165) is 6.42 Å². The largest absolute Gasteiger partial charge is 0.392 e. The lowest BCUT2D eigenvalue weighted by Crippen LogP contribution is -2.42. The second-order valence-corrected chi connectivity index (χ2v) is 4.85. The molecule has 4 heteroatoms. The maximum atomic E-state index is 12.1. The van der Waals surface area contributed by atoms with Crippen molar-refractivity contribution in [2.24, 2.45) is 0 Å². The highest BCUT2D eigenvalue weighted by Crippen LogP contribution is 2.09. The molecule has 1 heterocycles. The van der Waals surface area contributed by atoms with Gasteiger partial charge in [0.05, 0.1) is 12.1 Å². The van der Waals surface area contributed by atoms with Gasteiger partial charge < -0.3 is 15.3 Å². The Morgan fingerprint density at radius 3 is 2.78 bits per heavy atom. The number of rotatable bonds is 4. The van der Waals surface area contributed by atoms with Gasteiger partial charge in [0.25, 0.3) is 0 Å². The first-order valence-corrected chi connectivity index (χ1v) is 6.37. The smallest absolute Gasteiger partial charge is 0.239 e. The van der Waals surface area contributed by atoms with Crippen LogP contribution in [0.25, 0.3) is 0 Å². The van der Waals surface area contributed by atoms with Crippen molar-refractivity contribution < 1.29 is 9.90 Å². The summed E-state index contributed by atoms with van der Waals surface area (Å²) in [6, 6.07) is 9.91. The summed E-state index contributed by atoms with van der Waals surface area (Å²) in [6.45, 7) is 1.22. The molecule has 18 heavy (non-hydrogen) atoms. The highest BCUT2D eigenvalue weighted by molar-refractivity contribution is 5.82. The minimum atomic E-state index is -0.388. The van der Waals surface area contributed by atoms with E-state index >= 15 is 0 Å². The van der Waals surface area contributed by atoms with Gasteiger partial charge in [-0.05, 0) is 18.4 Å². The van der Waals surface area contributed by atoms with Crippen LogP contribution < -0.4 is 5.32 Å². The van der Waals surface area contributed by atoms with Gasteiger partial charge in [-0.25, -0.2) is 0 Å². The number of carbonyl (C=O) groups excluding carboxylic acids is 1. The molecular weight excluding hydrogens is 228 g/mol. The maximum absolute atomic E-state index is 12.1. The number of likely N-dealkylation sites (N-methyl/N-ethyl adjacent to an activating group) is 1. The van der Waals surface area contributed by atoms with E-state index < -0.39 is 0 Å². The predicted molar refractivity (Wildman–Crippen MR) is 70.2 cm³/mol. The van der Waals surface area contributed by atoms with E-state index in [1.54, 1.807) is 4.90 Å². The summed E-state index contributed by atoms with van der Waals surface area (Å²) in [5.41, 5.74) is 1.23. The third-order valence-electron chi connectivity index (χ3n) is 3.36. The minimum Gasteiger partial charge on any atom is -0.392 e. The molecule has 0 bridgehead atoms. The second kappa shape index (κ2) is 5.98. The zero-order chi connectivity index (χ0) is 13.0. The lowest BCUT2D eigenvalue weighted by Gasteiger charge is -2.21. The molecule has 0 radical (unpaired) electrons. The number of benzene rings is 1. The van der Waals surface area contributed by atoms with Gasteiger partial charge in [-0.1, -0.05) is 30.3 Å². The van der Waals surface area contributed by atoms with E-state index in [2.05, 4.69) is 17.4 Å². The lowest BCUT2D eigenvalue weighted by atomic mass is 10.1. The third kappa shape index (κ3) is 3.31. The van der Waals surface area contributed by atoms with E-state index in [1.807, 2.05) is 25.2 Å². The van der Waals surface area contributed by atoms with Crippen LogP contribution >= 0.6 is 0 Å². The molecule has 2 atom stereocenters. The molecular formula is C14H20N2O2. The van der Waals surface area contributed by atoms with Crippen LogP contribution in [0.2, 0.25) is 0 Å². The van der Waals surface area contributed by atoms with Gasteiger partial charge in [0.2, 0.25) is 5.91 Å². The van der Waals surface area contributed by atoms with Crippen LogP contribution in [0, 0.1) is 0 Å². The molecule has 0 aliphatic carbocycles. The average Bonchev–Trinajstić information content (AvgIpc) is 2.83. The van der Waals surface area contributed by atoms with Crippen molar-refractivity contribution >= 4 is 5.91 Å². The molecule has 1 aliphatic rings. The molecule has 0 aromatic heterocycles. The summed E-state index contributed by atoms with van der Waals surface area (Å²) in [5, 5.41) is 12.4. The molecule has 1 aliphatic heterocycles. The Morgan fingerprint density at radius 2 is 2.17 bits per heavy atom. The van der Waals surface area contributed by atoms with Crippen LogP contribution in [0.5, 0.6) is 0 Å². The van der Waals surface area contributed by atoms with Crippen molar-refractivity contribution in [3.63, 3.8) is 0 Å². The molecule has 2 unspecified atom stereocenters. The first kappa shape index (κ1) is 13.1. The minimum absolute atomic E-state index is 0.0717. The van der Waals surface area contributed by atoms with Gasteiger partial charge in [0, 0.05) is 20.1 Å². The number of aliphatic hydroxyl groups excluding tert-OH is 1. The summed E-state index contributed by atoms with van der Waals surface area (Å²) in [5.74, 6) is 0.0717. The molecule has 1 amide bonds. The Balaban J connectivity index is 1.81. The molecule has 2 rings (SSSR count). The molecule has 4 nitrogen and oxygen atoms in total. The topological polar surface area (TPSA) is 52.6 Å². The summed E-state index contributed by atoms with van der Waals surface area (Å²) >= 11 is 0. The van der Waals surface area contributed by atoms with Gasteiger partial charge in [0.15, 0.2) is 0 Å². The molecule has 1 saturated heterocycles. The predicted octanol–water partition coefficient (Wildman–Crippen LogP) is 0.410. The molecule has 1 aromatic rings. The molecule has 0 saturated carbocycles. The van der Waals surface area contributed by atoms with Crippen molar-refractivity contribution in [2.45, 2.75) is 25.0 Å². The van der Waals surface area contributed by atoms with Crippen LogP contribution in [0.4, 0.5) is 0 Å². The fraction of sp³-hybridized carbons (Fsp3) is 0.500. The fourth-order valence-electron chi connectivity index (χ4n) is 2.22. The molecule has 98 valence electrons. The van der Waals surface area contributed by atoms with E-state index in [4.69, 9.17) is 0 Å². The van der Waals surface area contributed by atoms with Gasteiger partial charge in [-0.3, -0.25) is 4.79 Å². The van der Waals surface area contributed by atoms with Crippen molar-refractivity contribution in [2.75, 3.05) is 20.1 Å². The Kier molecular flexibility index (Phi) is 4.33. The Hall–Kier alpha value is -1.39. The number of nitrogens with one attached hydrogen (secondary N) is 1. The van der Waals surface area contributed by atoms with Crippen molar-refractivity contribution in [1.29, 1.82) is 0 Å². The van der Waals surface area contributed by atoms with Crippen LogP contribution in [0.3, 0.4) is 0 Å². The van der Waals surface area contributed by atoms with Crippen molar-refractivity contribution in [3.8, 4) is 0 Å². The number of β-amino-alcohol motifs (C(OH)–C–C–N with tert-alkyl or cyclic N) is 1. The van der Waals surface area contributed by atoms with Crippen LogP contribution in [-0.4, -0.2) is 48.2 Å². The van der Waals surface area contributed by atoms with Gasteiger partial charge >= 0.3 is 0 Å². The summed E-state index contributed by atoms with van der Waals surface area (Å²) in [7, 11) is 1.82. The number of carbonyl (C=O) groups is 1. The molecule has 0 spiro atoms. The highest BCUT2D eigenvalue weighted by atomic mass is 16.3. The van der Waals surface area contributed by atoms with E-state index in [0.29, 0.717) is 19.5 Å². The lowest BCUT2D eigenvalue weighted by molar-refractivity contribution is -0.131. The van der Waals surface area contributed by atoms with Crippen LogP contribution in [0.15, 0.2) is 30.3 Å². The Morgan fingerprint density at radius 1 is 1.44 bits per heavy atom. The fourth-order valence-corrected chi connectivity index (χ4v) is 2.22. The monoisotopic (exact) mass is 248 g/mol. The Bertz CT molecular complexity index is 394. The molecule has 1 fully saturated rings. The van der Waals surface area contributed by atoms with Gasteiger partial charge in [-0.2, -0.15) is 0 Å². The SMILES string of the molecule is CN(CCc1ccccc1)C(=O)C1CC(O)CN1. The summed E-state index contributed by atoms with van der Waals surface area (Å²) in [6.07, 6.45) is 0.994. The first-order valence-electron chi connectivity index (χ1n) is 6.37. The summed E-state index contributed by atoms with van der Waals surface area (Å²) < 4.78 is 0. The Labute approximate surface area is 108 Å². The normalized spacial score (nSPS) is 23.0. The molecule has 2 N–H and O–H groups in total. The van der Waals surface area contributed by atoms with Crippen LogP contribution in [-0.2, 0) is 11.2 Å². The zero-order valence-electron chi connectivity index (χ0n) is 10.7.